The van der Waals surface area contributed by atoms with Gasteiger partial charge in [-0.15, -0.1) is 0 Å². The Morgan fingerprint density at radius 3 is 2.41 bits per heavy atom. The van der Waals surface area contributed by atoms with E-state index in [1.165, 1.54) is 13.8 Å². The molecule has 1 rings (SSSR count). The third kappa shape index (κ3) is 2.40. The normalized spacial score (nSPS) is 11.4. The quantitative estimate of drug-likeness (QED) is 0.609. The lowest BCUT2D eigenvalue weighted by atomic mass is 10.1. The topological polar surface area (TPSA) is 26.3 Å². The van der Waals surface area contributed by atoms with Crippen LogP contribution in [0.3, 0.4) is 0 Å². The van der Waals surface area contributed by atoms with E-state index in [1.807, 2.05) is 0 Å². The molecule has 2 nitrogen and oxygen atoms in total. The molecule has 0 aliphatic rings. The van der Waals surface area contributed by atoms with Gasteiger partial charge < -0.3 is 4.74 Å². The van der Waals surface area contributed by atoms with Crippen molar-refractivity contribution in [3.8, 4) is 0 Å². The van der Waals surface area contributed by atoms with Crippen LogP contribution >= 0.6 is 0 Å². The average molecular weight is 250 g/mol. The Hall–Kier alpha value is -1.59. The monoisotopic (exact) mass is 250 g/mol. The van der Waals surface area contributed by atoms with Gasteiger partial charge in [-0.05, 0) is 25.5 Å². The molecule has 0 saturated carbocycles. The molecule has 0 amide bonds. The van der Waals surface area contributed by atoms with Crippen LogP contribution in [0.1, 0.15) is 18.1 Å². The van der Waals surface area contributed by atoms with E-state index in [2.05, 4.69) is 4.74 Å². The van der Waals surface area contributed by atoms with Crippen LogP contribution in [0.2, 0.25) is 0 Å². The Morgan fingerprint density at radius 1 is 1.29 bits per heavy atom. The molecule has 0 saturated heterocycles. The first-order valence-corrected chi connectivity index (χ1v) is 4.82. The van der Waals surface area contributed by atoms with Crippen molar-refractivity contribution in [2.24, 2.45) is 0 Å². The standard InChI is InChI=1S/C11H10F4O2/c1-3-17-10(16)11(14,15)7-5-4-6(2)8(12)9(7)13/h4-5H,3H2,1-2H3. The summed E-state index contributed by atoms with van der Waals surface area (Å²) in [5.41, 5.74) is -1.44. The number of hydrogen-bond acceptors (Lipinski definition) is 2. The molecule has 1 aromatic carbocycles. The molecule has 6 heteroatoms. The van der Waals surface area contributed by atoms with Crippen molar-refractivity contribution in [1.29, 1.82) is 0 Å². The smallest absolute Gasteiger partial charge is 0.382 e. The molecule has 0 aromatic heterocycles. The van der Waals surface area contributed by atoms with E-state index in [0.29, 0.717) is 6.07 Å². The lowest BCUT2D eigenvalue weighted by Crippen LogP contribution is -2.29. The van der Waals surface area contributed by atoms with Crippen molar-refractivity contribution < 1.29 is 27.1 Å². The van der Waals surface area contributed by atoms with Crippen molar-refractivity contribution in [3.63, 3.8) is 0 Å². The number of ether oxygens (including phenoxy) is 1. The van der Waals surface area contributed by atoms with Gasteiger partial charge in [0.25, 0.3) is 0 Å². The van der Waals surface area contributed by atoms with Crippen LogP contribution in [-0.4, -0.2) is 12.6 Å². The molecule has 94 valence electrons. The number of carbonyl (C=O) groups is 1. The highest BCUT2D eigenvalue weighted by Crippen LogP contribution is 2.33. The van der Waals surface area contributed by atoms with Gasteiger partial charge in [0.2, 0.25) is 0 Å². The molecule has 0 fully saturated rings. The molecule has 0 radical (unpaired) electrons. The number of alkyl halides is 2. The zero-order valence-corrected chi connectivity index (χ0v) is 9.19. The molecule has 0 spiro atoms. The van der Waals surface area contributed by atoms with E-state index in [-0.39, 0.29) is 12.2 Å². The zero-order chi connectivity index (χ0) is 13.2. The lowest BCUT2D eigenvalue weighted by molar-refractivity contribution is -0.173. The molecule has 0 N–H and O–H groups in total. The number of hydrogen-bond donors (Lipinski definition) is 0. The van der Waals surface area contributed by atoms with Crippen molar-refractivity contribution in [2.45, 2.75) is 19.8 Å². The predicted molar refractivity (Wildman–Crippen MR) is 51.6 cm³/mol. The number of esters is 1. The summed E-state index contributed by atoms with van der Waals surface area (Å²) in [7, 11) is 0. The highest BCUT2D eigenvalue weighted by Gasteiger charge is 2.45. The SMILES string of the molecule is CCOC(=O)C(F)(F)c1ccc(C)c(F)c1F. The summed E-state index contributed by atoms with van der Waals surface area (Å²) in [4.78, 5) is 11.0. The summed E-state index contributed by atoms with van der Waals surface area (Å²) >= 11 is 0. The first kappa shape index (κ1) is 13.5. The second-order valence-electron chi connectivity index (χ2n) is 3.35. The van der Waals surface area contributed by atoms with Gasteiger partial charge in [0.05, 0.1) is 12.2 Å². The van der Waals surface area contributed by atoms with Crippen LogP contribution in [0.5, 0.6) is 0 Å². The highest BCUT2D eigenvalue weighted by atomic mass is 19.3. The molecule has 1 aromatic rings. The number of aryl methyl sites for hydroxylation is 1. The first-order valence-electron chi connectivity index (χ1n) is 4.82. The number of halogens is 4. The molecular formula is C11H10F4O2. The Kier molecular flexibility index (Phi) is 3.75. The number of carbonyl (C=O) groups excluding carboxylic acids is 1. The molecule has 0 atom stereocenters. The maximum Gasteiger partial charge on any atom is 0.382 e. The van der Waals surface area contributed by atoms with Crippen molar-refractivity contribution >= 4 is 5.97 Å². The average Bonchev–Trinajstić information content (AvgIpc) is 2.26. The van der Waals surface area contributed by atoms with Gasteiger partial charge in [0, 0.05) is 0 Å². The summed E-state index contributed by atoms with van der Waals surface area (Å²) in [6.45, 7) is 2.29. The maximum absolute atomic E-state index is 13.4. The molecule has 0 aliphatic heterocycles. The molecule has 0 aliphatic carbocycles. The van der Waals surface area contributed by atoms with E-state index in [0.717, 1.165) is 6.07 Å². The van der Waals surface area contributed by atoms with E-state index in [1.54, 1.807) is 0 Å². The van der Waals surface area contributed by atoms with Gasteiger partial charge in [-0.25, -0.2) is 13.6 Å². The van der Waals surface area contributed by atoms with Gasteiger partial charge in [-0.2, -0.15) is 8.78 Å². The second kappa shape index (κ2) is 4.73. The van der Waals surface area contributed by atoms with Crippen molar-refractivity contribution in [2.75, 3.05) is 6.61 Å². The summed E-state index contributed by atoms with van der Waals surface area (Å²) in [6, 6.07) is 1.64. The molecule has 0 unspecified atom stereocenters. The van der Waals surface area contributed by atoms with Crippen LogP contribution in [0, 0.1) is 18.6 Å². The minimum atomic E-state index is -4.20. The summed E-state index contributed by atoms with van der Waals surface area (Å²) in [5.74, 6) is -9.23. The molecular weight excluding hydrogens is 240 g/mol. The van der Waals surface area contributed by atoms with Crippen molar-refractivity contribution in [3.05, 3.63) is 34.9 Å². The lowest BCUT2D eigenvalue weighted by Gasteiger charge is -2.16. The van der Waals surface area contributed by atoms with Crippen LogP contribution in [0.4, 0.5) is 17.6 Å². The van der Waals surface area contributed by atoms with Crippen LogP contribution < -0.4 is 0 Å². The number of benzene rings is 1. The summed E-state index contributed by atoms with van der Waals surface area (Å²) < 4.78 is 57.4. The van der Waals surface area contributed by atoms with Gasteiger partial charge in [-0.1, -0.05) is 6.07 Å². The first-order chi connectivity index (χ1) is 7.82. The van der Waals surface area contributed by atoms with Crippen LogP contribution in [-0.2, 0) is 15.5 Å². The Bertz CT molecular complexity index is 443. The minimum Gasteiger partial charge on any atom is -0.461 e. The Balaban J connectivity index is 3.24. The van der Waals surface area contributed by atoms with Gasteiger partial charge in [-0.3, -0.25) is 0 Å². The van der Waals surface area contributed by atoms with E-state index in [9.17, 15) is 22.4 Å². The Morgan fingerprint density at radius 2 is 1.88 bits per heavy atom. The fourth-order valence-corrected chi connectivity index (χ4v) is 1.22. The third-order valence-corrected chi connectivity index (χ3v) is 2.15. The van der Waals surface area contributed by atoms with Crippen molar-refractivity contribution in [1.82, 2.24) is 0 Å². The largest absolute Gasteiger partial charge is 0.461 e. The summed E-state index contributed by atoms with van der Waals surface area (Å²) in [6.07, 6.45) is 0. The van der Waals surface area contributed by atoms with Gasteiger partial charge >= 0.3 is 11.9 Å². The predicted octanol–water partition coefficient (Wildman–Crippen LogP) is 2.93. The highest BCUT2D eigenvalue weighted by molar-refractivity contribution is 5.79. The third-order valence-electron chi connectivity index (χ3n) is 2.15. The second-order valence-corrected chi connectivity index (χ2v) is 3.35. The fourth-order valence-electron chi connectivity index (χ4n) is 1.22. The molecule has 17 heavy (non-hydrogen) atoms. The van der Waals surface area contributed by atoms with Gasteiger partial charge in [0.1, 0.15) is 0 Å². The minimum absolute atomic E-state index is 0.120. The zero-order valence-electron chi connectivity index (χ0n) is 9.19. The Labute approximate surface area is 95.2 Å². The van der Waals surface area contributed by atoms with E-state index < -0.39 is 29.1 Å². The van der Waals surface area contributed by atoms with Crippen LogP contribution in [0.25, 0.3) is 0 Å². The molecule has 0 bridgehead atoms. The maximum atomic E-state index is 13.4. The summed E-state index contributed by atoms with van der Waals surface area (Å²) in [5, 5.41) is 0. The van der Waals surface area contributed by atoms with Crippen LogP contribution in [0.15, 0.2) is 12.1 Å². The number of rotatable bonds is 3. The molecule has 0 heterocycles. The van der Waals surface area contributed by atoms with Gasteiger partial charge in [0.15, 0.2) is 11.6 Å². The van der Waals surface area contributed by atoms with E-state index in [4.69, 9.17) is 0 Å². The van der Waals surface area contributed by atoms with E-state index >= 15 is 0 Å². The fraction of sp³-hybridized carbons (Fsp3) is 0.364.